The Bertz CT molecular complexity index is 1070. The van der Waals surface area contributed by atoms with Gasteiger partial charge in [-0.2, -0.15) is 0 Å². The van der Waals surface area contributed by atoms with Crippen molar-refractivity contribution < 1.29 is 33.4 Å². The predicted octanol–water partition coefficient (Wildman–Crippen LogP) is 4.01. The van der Waals surface area contributed by atoms with Gasteiger partial charge in [-0.25, -0.2) is 4.79 Å². The van der Waals surface area contributed by atoms with Gasteiger partial charge in [-0.15, -0.1) is 0 Å². The Balaban J connectivity index is 3.53. The van der Waals surface area contributed by atoms with Crippen molar-refractivity contribution in [3.05, 3.63) is 42.0 Å². The van der Waals surface area contributed by atoms with Gasteiger partial charge in [0, 0.05) is 13.0 Å². The Morgan fingerprint density at radius 3 is 2.33 bits per heavy atom. The van der Waals surface area contributed by atoms with E-state index in [9.17, 15) is 24.0 Å². The normalized spacial score (nSPS) is 12.4. The topological polar surface area (TPSA) is 157 Å². The van der Waals surface area contributed by atoms with Crippen molar-refractivity contribution in [1.82, 2.24) is 15.5 Å². The van der Waals surface area contributed by atoms with Gasteiger partial charge in [0.2, 0.25) is 17.7 Å². The molecule has 4 amide bonds. The number of alkyl carbamates (subject to hydrolysis) is 1. The second-order valence-electron chi connectivity index (χ2n) is 11.1. The van der Waals surface area contributed by atoms with Gasteiger partial charge in [-0.1, -0.05) is 69.9 Å². The van der Waals surface area contributed by atoms with Crippen LogP contribution in [0.4, 0.5) is 4.79 Å². The number of nitrogens with one attached hydrogen (secondary N) is 2. The summed E-state index contributed by atoms with van der Waals surface area (Å²) in [6, 6.07) is 4.62. The van der Waals surface area contributed by atoms with E-state index in [1.807, 2.05) is 0 Å². The summed E-state index contributed by atoms with van der Waals surface area (Å²) in [6.07, 6.45) is 6.11. The number of hydrogen-bond acceptors (Lipinski definition) is 7. The van der Waals surface area contributed by atoms with E-state index in [-0.39, 0.29) is 19.4 Å². The summed E-state index contributed by atoms with van der Waals surface area (Å²) in [4.78, 5) is 65.4. The van der Waals surface area contributed by atoms with Gasteiger partial charge in [0.25, 0.3) is 0 Å². The molecule has 0 aliphatic heterocycles. The van der Waals surface area contributed by atoms with Gasteiger partial charge in [0.05, 0.1) is 7.11 Å². The van der Waals surface area contributed by atoms with Crippen LogP contribution in [0.1, 0.15) is 96.2 Å². The second kappa shape index (κ2) is 18.5. The average molecular weight is 589 g/mol. The molecule has 0 saturated heterocycles. The summed E-state index contributed by atoms with van der Waals surface area (Å²) in [6.45, 7) is 10.8. The van der Waals surface area contributed by atoms with Crippen molar-refractivity contribution in [2.75, 3.05) is 20.2 Å². The van der Waals surface area contributed by atoms with E-state index < -0.39 is 54.0 Å². The molecule has 42 heavy (non-hydrogen) atoms. The number of primary amides is 1. The van der Waals surface area contributed by atoms with Gasteiger partial charge in [-0.3, -0.25) is 19.2 Å². The third kappa shape index (κ3) is 13.6. The number of esters is 1. The highest BCUT2D eigenvalue weighted by Gasteiger charge is 2.36. The highest BCUT2D eigenvalue weighted by atomic mass is 16.6. The zero-order chi connectivity index (χ0) is 31.7. The van der Waals surface area contributed by atoms with Crippen molar-refractivity contribution in [3.8, 4) is 0 Å². The number of carbonyl (C=O) groups excluding carboxylic acids is 5. The third-order valence-corrected chi connectivity index (χ3v) is 6.36. The first kappa shape index (κ1) is 36.1. The number of hydrogen-bond donors (Lipinski definition) is 3. The van der Waals surface area contributed by atoms with E-state index >= 15 is 0 Å². The lowest BCUT2D eigenvalue weighted by Crippen LogP contribution is -2.53. The van der Waals surface area contributed by atoms with Gasteiger partial charge < -0.3 is 30.7 Å². The fraction of sp³-hybridized carbons (Fsp3) is 0.581. The zero-order valence-electron chi connectivity index (χ0n) is 25.7. The van der Waals surface area contributed by atoms with Gasteiger partial charge in [0.1, 0.15) is 24.2 Å². The number of benzene rings is 1. The molecule has 11 heteroatoms. The number of ether oxygens (including phenoxy) is 2. The van der Waals surface area contributed by atoms with Gasteiger partial charge in [0.15, 0.2) is 0 Å². The molecular formula is C31H48N4O7. The monoisotopic (exact) mass is 588 g/mol. The summed E-state index contributed by atoms with van der Waals surface area (Å²) in [5.74, 6) is -2.49. The van der Waals surface area contributed by atoms with E-state index in [0.29, 0.717) is 12.0 Å². The maximum Gasteiger partial charge on any atom is 0.408 e. The van der Waals surface area contributed by atoms with E-state index in [0.717, 1.165) is 37.7 Å². The van der Waals surface area contributed by atoms with Crippen LogP contribution in [0.25, 0.3) is 6.08 Å². The van der Waals surface area contributed by atoms with Gasteiger partial charge >= 0.3 is 12.1 Å². The van der Waals surface area contributed by atoms with Crippen LogP contribution in [0.2, 0.25) is 0 Å². The number of methoxy groups -OCH3 is 1. The van der Waals surface area contributed by atoms with Crippen molar-refractivity contribution in [3.63, 3.8) is 0 Å². The first-order chi connectivity index (χ1) is 19.8. The standard InChI is InChI=1S/C31H48N4O7/c1-7-9-10-11-12-13-19-35(29(39)24(17-18-25(32)36)34-30(40)42-31(3,4)5)27(28(38)33-21-26(37)41-6)23-16-14-15-22(8-2)20-23/h8,14-16,20,24,27H,2,7,9-13,17-19,21H2,1,3-6H3,(H2,32,36)(H,33,38)(H,34,40). The lowest BCUT2D eigenvalue weighted by molar-refractivity contribution is -0.145. The molecule has 0 heterocycles. The molecule has 1 rings (SSSR count). The van der Waals surface area contributed by atoms with Crippen molar-refractivity contribution in [2.24, 2.45) is 5.73 Å². The fourth-order valence-electron chi connectivity index (χ4n) is 4.28. The predicted molar refractivity (Wildman–Crippen MR) is 161 cm³/mol. The molecule has 234 valence electrons. The number of carbonyl (C=O) groups is 5. The number of nitrogens with zero attached hydrogens (tertiary/aromatic N) is 1. The van der Waals surface area contributed by atoms with E-state index in [4.69, 9.17) is 10.5 Å². The minimum Gasteiger partial charge on any atom is -0.468 e. The molecule has 0 radical (unpaired) electrons. The minimum atomic E-state index is -1.20. The van der Waals surface area contributed by atoms with Crippen molar-refractivity contribution in [1.29, 1.82) is 0 Å². The Morgan fingerprint density at radius 1 is 1.07 bits per heavy atom. The molecule has 2 unspecified atom stereocenters. The lowest BCUT2D eigenvalue weighted by Gasteiger charge is -2.34. The zero-order valence-corrected chi connectivity index (χ0v) is 25.7. The summed E-state index contributed by atoms with van der Waals surface area (Å²) >= 11 is 0. The van der Waals surface area contributed by atoms with Crippen LogP contribution in [-0.2, 0) is 28.7 Å². The molecule has 0 spiro atoms. The molecule has 2 atom stereocenters. The van der Waals surface area contributed by atoms with E-state index in [1.54, 1.807) is 51.1 Å². The van der Waals surface area contributed by atoms with Crippen molar-refractivity contribution >= 4 is 35.9 Å². The summed E-state index contributed by atoms with van der Waals surface area (Å²) in [5.41, 5.74) is 5.75. The number of unbranched alkanes of at least 4 members (excludes halogenated alkanes) is 5. The number of amides is 4. The highest BCUT2D eigenvalue weighted by molar-refractivity contribution is 5.93. The molecule has 4 N–H and O–H groups in total. The third-order valence-electron chi connectivity index (χ3n) is 6.36. The maximum atomic E-state index is 14.2. The number of rotatable bonds is 18. The minimum absolute atomic E-state index is 0.0936. The van der Waals surface area contributed by atoms with Crippen LogP contribution >= 0.6 is 0 Å². The second-order valence-corrected chi connectivity index (χ2v) is 11.1. The molecule has 0 bridgehead atoms. The van der Waals surface area contributed by atoms with Crippen LogP contribution in [0, 0.1) is 0 Å². The molecule has 0 saturated carbocycles. The van der Waals surface area contributed by atoms with Crippen LogP contribution in [0.5, 0.6) is 0 Å². The smallest absolute Gasteiger partial charge is 0.408 e. The van der Waals surface area contributed by atoms with Crippen LogP contribution in [0.15, 0.2) is 30.8 Å². The maximum absolute atomic E-state index is 14.2. The summed E-state index contributed by atoms with van der Waals surface area (Å²) in [5, 5.41) is 5.14. The summed E-state index contributed by atoms with van der Waals surface area (Å²) in [7, 11) is 1.21. The van der Waals surface area contributed by atoms with Crippen molar-refractivity contribution in [2.45, 2.75) is 96.7 Å². The Morgan fingerprint density at radius 2 is 1.74 bits per heavy atom. The molecule has 11 nitrogen and oxygen atoms in total. The summed E-state index contributed by atoms with van der Waals surface area (Å²) < 4.78 is 10.0. The Labute approximate surface area is 249 Å². The van der Waals surface area contributed by atoms with E-state index in [2.05, 4.69) is 28.9 Å². The molecule has 0 fully saturated rings. The highest BCUT2D eigenvalue weighted by Crippen LogP contribution is 2.26. The largest absolute Gasteiger partial charge is 0.468 e. The fourth-order valence-corrected chi connectivity index (χ4v) is 4.28. The first-order valence-electron chi connectivity index (χ1n) is 14.5. The molecule has 0 aliphatic carbocycles. The lowest BCUT2D eigenvalue weighted by atomic mass is 9.99. The Kier molecular flexibility index (Phi) is 15.9. The SMILES string of the molecule is C=Cc1cccc(C(C(=O)NCC(=O)OC)N(CCCCCCCC)C(=O)C(CCC(N)=O)NC(=O)OC(C)(C)C)c1. The Hall–Kier alpha value is -3.89. The number of nitrogens with two attached hydrogens (primary N) is 1. The average Bonchev–Trinajstić information content (AvgIpc) is 2.93. The van der Waals surface area contributed by atoms with Crippen LogP contribution in [-0.4, -0.2) is 66.5 Å². The molecule has 1 aromatic rings. The van der Waals surface area contributed by atoms with Crippen LogP contribution < -0.4 is 16.4 Å². The quantitative estimate of drug-likeness (QED) is 0.173. The van der Waals surface area contributed by atoms with E-state index in [1.165, 1.54) is 12.0 Å². The van der Waals surface area contributed by atoms with Crippen LogP contribution in [0.3, 0.4) is 0 Å². The molecule has 0 aromatic heterocycles. The first-order valence-corrected chi connectivity index (χ1v) is 14.5. The molecule has 0 aliphatic rings. The van der Waals surface area contributed by atoms with Gasteiger partial charge in [-0.05, 0) is 50.8 Å². The molecule has 1 aromatic carbocycles. The molecular weight excluding hydrogens is 540 g/mol.